The van der Waals surface area contributed by atoms with Gasteiger partial charge >= 0.3 is 0 Å². The van der Waals surface area contributed by atoms with E-state index in [9.17, 15) is 9.18 Å². The second kappa shape index (κ2) is 3.37. The molecule has 17 heavy (non-hydrogen) atoms. The van der Waals surface area contributed by atoms with Gasteiger partial charge in [0.05, 0.1) is 10.5 Å². The molecule has 0 saturated carbocycles. The smallest absolute Gasteiger partial charge is 0.229 e. The van der Waals surface area contributed by atoms with Crippen LogP contribution in [-0.4, -0.2) is 15.5 Å². The van der Waals surface area contributed by atoms with Crippen LogP contribution < -0.4 is 0 Å². The number of hydrogen-bond acceptors (Lipinski definition) is 3. The maximum Gasteiger partial charge on any atom is 0.229 e. The van der Waals surface area contributed by atoms with Gasteiger partial charge in [0.15, 0.2) is 0 Å². The van der Waals surface area contributed by atoms with E-state index in [0.717, 1.165) is 9.84 Å². The normalized spacial score (nSPS) is 11.5. The molecule has 0 N–H and O–H groups in total. The third kappa shape index (κ3) is 1.39. The van der Waals surface area contributed by atoms with Gasteiger partial charge in [-0.15, -0.1) is 11.3 Å². The first-order chi connectivity index (χ1) is 8.08. The molecular weight excluding hydrogens is 239 g/mol. The molecule has 0 bridgehead atoms. The van der Waals surface area contributed by atoms with Crippen molar-refractivity contribution in [3.8, 4) is 0 Å². The molecule has 0 saturated heterocycles. The molecular formula is C12H9FN2OS. The highest BCUT2D eigenvalue weighted by atomic mass is 32.1. The fourth-order valence-corrected chi connectivity index (χ4v) is 3.05. The van der Waals surface area contributed by atoms with Crippen LogP contribution in [0.4, 0.5) is 4.39 Å². The Morgan fingerprint density at radius 2 is 2.24 bits per heavy atom. The molecule has 1 aromatic carbocycles. The highest BCUT2D eigenvalue weighted by molar-refractivity contribution is 7.18. The average Bonchev–Trinajstić information content (AvgIpc) is 2.73. The Labute approximate surface area is 100 Å². The predicted octanol–water partition coefficient (Wildman–Crippen LogP) is 3.36. The van der Waals surface area contributed by atoms with E-state index in [0.29, 0.717) is 16.4 Å². The van der Waals surface area contributed by atoms with E-state index in [1.165, 1.54) is 30.4 Å². The minimum absolute atomic E-state index is 0.0831. The first kappa shape index (κ1) is 10.4. The van der Waals surface area contributed by atoms with Crippen LogP contribution in [0.3, 0.4) is 0 Å². The van der Waals surface area contributed by atoms with E-state index in [2.05, 4.69) is 4.98 Å². The number of halogens is 1. The third-order valence-corrected chi connectivity index (χ3v) is 3.64. The lowest BCUT2D eigenvalue weighted by atomic mass is 10.2. The molecule has 86 valence electrons. The minimum Gasteiger partial charge on any atom is -0.274 e. The van der Waals surface area contributed by atoms with Gasteiger partial charge in [0.1, 0.15) is 16.2 Å². The van der Waals surface area contributed by atoms with Crippen molar-refractivity contribution in [3.63, 3.8) is 0 Å². The lowest BCUT2D eigenvalue weighted by Crippen LogP contribution is -2.03. The number of hydrogen-bond donors (Lipinski definition) is 0. The lowest BCUT2D eigenvalue weighted by molar-refractivity contribution is 0.0947. The van der Waals surface area contributed by atoms with E-state index in [4.69, 9.17) is 0 Å². The lowest BCUT2D eigenvalue weighted by Gasteiger charge is -1.99. The summed E-state index contributed by atoms with van der Waals surface area (Å²) < 4.78 is 14.9. The van der Waals surface area contributed by atoms with Crippen LogP contribution in [0.25, 0.3) is 21.3 Å². The Hall–Kier alpha value is -1.75. The van der Waals surface area contributed by atoms with Crippen LogP contribution in [0.5, 0.6) is 0 Å². The van der Waals surface area contributed by atoms with Gasteiger partial charge in [-0.05, 0) is 25.1 Å². The molecule has 0 fully saturated rings. The molecule has 0 radical (unpaired) electrons. The number of nitrogens with zero attached hydrogens (tertiary/aromatic N) is 2. The fourth-order valence-electron chi connectivity index (χ4n) is 2.06. The van der Waals surface area contributed by atoms with E-state index in [1.807, 2.05) is 6.92 Å². The van der Waals surface area contributed by atoms with Gasteiger partial charge in [0.25, 0.3) is 0 Å². The van der Waals surface area contributed by atoms with Gasteiger partial charge < -0.3 is 0 Å². The Morgan fingerprint density at radius 1 is 1.47 bits per heavy atom. The molecule has 3 nitrogen and oxygen atoms in total. The Morgan fingerprint density at radius 3 is 2.94 bits per heavy atom. The van der Waals surface area contributed by atoms with Crippen LogP contribution in [0.1, 0.15) is 16.7 Å². The van der Waals surface area contributed by atoms with Crippen molar-refractivity contribution in [2.24, 2.45) is 0 Å². The quantitative estimate of drug-likeness (QED) is 0.611. The second-order valence-corrected chi connectivity index (χ2v) is 5.08. The van der Waals surface area contributed by atoms with Gasteiger partial charge in [-0.2, -0.15) is 0 Å². The number of aromatic nitrogens is 2. The van der Waals surface area contributed by atoms with Crippen LogP contribution in [0.2, 0.25) is 0 Å². The van der Waals surface area contributed by atoms with Crippen molar-refractivity contribution in [1.29, 1.82) is 0 Å². The Balaban J connectivity index is 2.59. The summed E-state index contributed by atoms with van der Waals surface area (Å²) in [5.41, 5.74) is 1.42. The molecule has 3 aromatic rings. The molecule has 0 spiro atoms. The van der Waals surface area contributed by atoms with Crippen molar-refractivity contribution in [3.05, 3.63) is 29.0 Å². The van der Waals surface area contributed by atoms with Crippen molar-refractivity contribution in [1.82, 2.24) is 9.55 Å². The topological polar surface area (TPSA) is 34.9 Å². The first-order valence-corrected chi connectivity index (χ1v) is 5.97. The monoisotopic (exact) mass is 248 g/mol. The summed E-state index contributed by atoms with van der Waals surface area (Å²) in [6.07, 6.45) is 0. The van der Waals surface area contributed by atoms with Gasteiger partial charge in [-0.1, -0.05) is 0 Å². The molecule has 2 heterocycles. The van der Waals surface area contributed by atoms with Crippen molar-refractivity contribution in [2.75, 3.05) is 0 Å². The minimum atomic E-state index is -0.314. The van der Waals surface area contributed by atoms with E-state index < -0.39 is 0 Å². The standard InChI is InChI=1S/C12H9FN2OS/c1-6-14-11-9-5-8(13)3-4-10(9)15(7(2)16)12(11)17-6/h3-5H,1-2H3. The molecule has 2 aromatic heterocycles. The number of aryl methyl sites for hydroxylation is 1. The van der Waals surface area contributed by atoms with Crippen LogP contribution in [0, 0.1) is 12.7 Å². The molecule has 3 rings (SSSR count). The first-order valence-electron chi connectivity index (χ1n) is 5.16. The summed E-state index contributed by atoms with van der Waals surface area (Å²) in [4.78, 5) is 16.8. The number of rotatable bonds is 0. The SMILES string of the molecule is CC(=O)n1c2ccc(F)cc2c2nc(C)sc21. The predicted molar refractivity (Wildman–Crippen MR) is 66.1 cm³/mol. The molecule has 0 unspecified atom stereocenters. The summed E-state index contributed by atoms with van der Waals surface area (Å²) in [6.45, 7) is 3.37. The third-order valence-electron chi connectivity index (χ3n) is 2.69. The zero-order valence-electron chi connectivity index (χ0n) is 9.32. The highest BCUT2D eigenvalue weighted by Crippen LogP contribution is 2.32. The molecule has 0 atom stereocenters. The Bertz CT molecular complexity index is 757. The zero-order chi connectivity index (χ0) is 12.2. The molecule has 0 amide bonds. The van der Waals surface area contributed by atoms with Crippen LogP contribution in [0.15, 0.2) is 18.2 Å². The van der Waals surface area contributed by atoms with Gasteiger partial charge in [-0.3, -0.25) is 9.36 Å². The summed E-state index contributed by atoms with van der Waals surface area (Å²) in [6, 6.07) is 4.41. The maximum absolute atomic E-state index is 13.3. The van der Waals surface area contributed by atoms with Gasteiger partial charge in [0.2, 0.25) is 5.91 Å². The van der Waals surface area contributed by atoms with Gasteiger partial charge in [-0.25, -0.2) is 9.37 Å². The number of carbonyl (C=O) groups excluding carboxylic acids is 1. The van der Waals surface area contributed by atoms with Crippen molar-refractivity contribution in [2.45, 2.75) is 13.8 Å². The fraction of sp³-hybridized carbons (Fsp3) is 0.167. The van der Waals surface area contributed by atoms with Crippen molar-refractivity contribution >= 4 is 38.5 Å². The van der Waals surface area contributed by atoms with E-state index in [-0.39, 0.29) is 11.7 Å². The van der Waals surface area contributed by atoms with Crippen molar-refractivity contribution < 1.29 is 9.18 Å². The van der Waals surface area contributed by atoms with E-state index in [1.54, 1.807) is 10.6 Å². The number of carbonyl (C=O) groups is 1. The highest BCUT2D eigenvalue weighted by Gasteiger charge is 2.17. The van der Waals surface area contributed by atoms with E-state index >= 15 is 0 Å². The summed E-state index contributed by atoms with van der Waals surface area (Å²) in [5, 5.41) is 1.57. The second-order valence-electron chi connectivity index (χ2n) is 3.90. The zero-order valence-corrected chi connectivity index (χ0v) is 10.1. The summed E-state index contributed by atoms with van der Waals surface area (Å²) in [7, 11) is 0. The number of fused-ring (bicyclic) bond motifs is 3. The van der Waals surface area contributed by atoms with Crippen LogP contribution >= 0.6 is 11.3 Å². The van der Waals surface area contributed by atoms with Gasteiger partial charge in [0, 0.05) is 12.3 Å². The molecule has 0 aliphatic rings. The Kier molecular flexibility index (Phi) is 2.06. The number of benzene rings is 1. The average molecular weight is 248 g/mol. The largest absolute Gasteiger partial charge is 0.274 e. The summed E-state index contributed by atoms with van der Waals surface area (Å²) >= 11 is 1.45. The maximum atomic E-state index is 13.3. The molecule has 5 heteroatoms. The molecule has 0 aliphatic carbocycles. The summed E-state index contributed by atoms with van der Waals surface area (Å²) in [5.74, 6) is -0.397. The molecule has 0 aliphatic heterocycles. The van der Waals surface area contributed by atoms with Crippen LogP contribution in [-0.2, 0) is 0 Å². The number of thiazole rings is 1.